The molecule has 40 heavy (non-hydrogen) atoms. The summed E-state index contributed by atoms with van der Waals surface area (Å²) in [7, 11) is 3.17. The molecule has 0 unspecified atom stereocenters. The summed E-state index contributed by atoms with van der Waals surface area (Å²) in [6.45, 7) is 7.44. The molecule has 3 heterocycles. The van der Waals surface area contributed by atoms with Crippen LogP contribution in [0.2, 0.25) is 0 Å². The third-order valence-corrected chi connectivity index (χ3v) is 7.67. The Morgan fingerprint density at radius 2 is 1.90 bits per heavy atom. The predicted octanol–water partition coefficient (Wildman–Crippen LogP) is 4.69. The molecule has 1 aromatic carbocycles. The van der Waals surface area contributed by atoms with E-state index in [1.165, 1.54) is 16.2 Å². The number of nitrogens with one attached hydrogen (secondary N) is 1. The highest BCUT2D eigenvalue weighted by molar-refractivity contribution is 8.26. The number of carbonyl (C=O) groups is 1. The molecule has 1 fully saturated rings. The molecule has 0 bridgehead atoms. The van der Waals surface area contributed by atoms with Crippen molar-refractivity contribution in [1.82, 2.24) is 14.3 Å². The largest absolute Gasteiger partial charge is 0.493 e. The Labute approximate surface area is 243 Å². The molecular weight excluding hydrogens is 548 g/mol. The summed E-state index contributed by atoms with van der Waals surface area (Å²) >= 11 is 6.74. The van der Waals surface area contributed by atoms with Gasteiger partial charge in [-0.05, 0) is 69.0 Å². The van der Waals surface area contributed by atoms with Gasteiger partial charge in [0.15, 0.2) is 11.5 Å². The van der Waals surface area contributed by atoms with E-state index in [0.29, 0.717) is 63.9 Å². The summed E-state index contributed by atoms with van der Waals surface area (Å²) in [6, 6.07) is 9.37. The molecular formula is C29H34N4O5S2. The number of thioether (sulfide) groups is 1. The molecule has 1 aliphatic heterocycles. The minimum absolute atomic E-state index is 0.149. The second-order valence-electron chi connectivity index (χ2n) is 9.59. The number of hydrogen-bond acceptors (Lipinski definition) is 9. The lowest BCUT2D eigenvalue weighted by Crippen LogP contribution is -2.30. The number of ether oxygens (including phenoxy) is 3. The van der Waals surface area contributed by atoms with Crippen LogP contribution in [0.1, 0.15) is 37.0 Å². The minimum atomic E-state index is -0.259. The molecule has 0 aliphatic carbocycles. The van der Waals surface area contributed by atoms with Gasteiger partial charge in [0.2, 0.25) is 0 Å². The zero-order valence-corrected chi connectivity index (χ0v) is 25.0. The highest BCUT2D eigenvalue weighted by atomic mass is 32.2. The van der Waals surface area contributed by atoms with Crippen LogP contribution in [0.4, 0.5) is 5.82 Å². The fourth-order valence-electron chi connectivity index (χ4n) is 4.22. The number of pyridine rings is 1. The number of carbonyl (C=O) groups excluding carboxylic acids is 1. The normalized spacial score (nSPS) is 14.6. The molecule has 4 rings (SSSR count). The number of anilines is 1. The van der Waals surface area contributed by atoms with Crippen LogP contribution in [0, 0.1) is 6.92 Å². The van der Waals surface area contributed by atoms with Gasteiger partial charge in [-0.15, -0.1) is 0 Å². The Hall–Kier alpha value is -3.41. The van der Waals surface area contributed by atoms with Gasteiger partial charge in [0.05, 0.1) is 30.8 Å². The molecule has 0 radical (unpaired) electrons. The van der Waals surface area contributed by atoms with Gasteiger partial charge in [0, 0.05) is 25.9 Å². The molecule has 0 atom stereocenters. The number of benzene rings is 1. The van der Waals surface area contributed by atoms with E-state index >= 15 is 0 Å². The third-order valence-electron chi connectivity index (χ3n) is 6.29. The van der Waals surface area contributed by atoms with Crippen LogP contribution in [0.15, 0.2) is 46.2 Å². The first-order chi connectivity index (χ1) is 19.2. The minimum Gasteiger partial charge on any atom is -0.493 e. The van der Waals surface area contributed by atoms with Crippen LogP contribution in [0.3, 0.4) is 0 Å². The van der Waals surface area contributed by atoms with Crippen LogP contribution in [0.5, 0.6) is 11.5 Å². The summed E-state index contributed by atoms with van der Waals surface area (Å²) in [6.07, 6.45) is 4.81. The Bertz CT molecular complexity index is 1500. The Morgan fingerprint density at radius 3 is 2.62 bits per heavy atom. The van der Waals surface area contributed by atoms with Gasteiger partial charge < -0.3 is 19.5 Å². The van der Waals surface area contributed by atoms with Crippen molar-refractivity contribution in [2.75, 3.05) is 39.2 Å². The maximum Gasteiger partial charge on any atom is 0.267 e. The quantitative estimate of drug-likeness (QED) is 0.185. The van der Waals surface area contributed by atoms with E-state index in [-0.39, 0.29) is 17.6 Å². The Kier molecular flexibility index (Phi) is 9.83. The number of methoxy groups -OCH3 is 2. The van der Waals surface area contributed by atoms with Gasteiger partial charge >= 0.3 is 0 Å². The fraction of sp³-hybridized carbons (Fsp3) is 0.379. The second-order valence-corrected chi connectivity index (χ2v) is 11.3. The van der Waals surface area contributed by atoms with Gasteiger partial charge in [-0.3, -0.25) is 18.9 Å². The Morgan fingerprint density at radius 1 is 1.12 bits per heavy atom. The van der Waals surface area contributed by atoms with Crippen molar-refractivity contribution >= 4 is 51.7 Å². The first-order valence-electron chi connectivity index (χ1n) is 13.1. The van der Waals surface area contributed by atoms with E-state index in [1.54, 1.807) is 37.5 Å². The van der Waals surface area contributed by atoms with Crippen molar-refractivity contribution in [2.24, 2.45) is 0 Å². The zero-order chi connectivity index (χ0) is 28.8. The van der Waals surface area contributed by atoms with Crippen molar-refractivity contribution in [3.63, 3.8) is 0 Å². The van der Waals surface area contributed by atoms with Crippen molar-refractivity contribution in [1.29, 1.82) is 0 Å². The molecule has 9 nitrogen and oxygen atoms in total. The SMILES string of the molecule is COc1ccc(CCN2C(=O)/C(=C\c3c(NCCCOC(C)C)nc4ccc(C)cn4c3=O)SC2=S)cc1OC. The van der Waals surface area contributed by atoms with Crippen molar-refractivity contribution < 1.29 is 19.0 Å². The summed E-state index contributed by atoms with van der Waals surface area (Å²) < 4.78 is 18.3. The summed E-state index contributed by atoms with van der Waals surface area (Å²) in [5.74, 6) is 1.46. The van der Waals surface area contributed by atoms with Crippen LogP contribution >= 0.6 is 24.0 Å². The Balaban J connectivity index is 1.58. The molecule has 1 N–H and O–H groups in total. The fourth-order valence-corrected chi connectivity index (χ4v) is 5.51. The van der Waals surface area contributed by atoms with Gasteiger partial charge in [0.1, 0.15) is 15.8 Å². The van der Waals surface area contributed by atoms with Crippen molar-refractivity contribution in [3.05, 3.63) is 68.5 Å². The molecule has 2 aromatic heterocycles. The predicted molar refractivity (Wildman–Crippen MR) is 164 cm³/mol. The molecule has 1 amide bonds. The van der Waals surface area contributed by atoms with Crippen molar-refractivity contribution in [2.45, 2.75) is 39.7 Å². The molecule has 11 heteroatoms. The lowest BCUT2D eigenvalue weighted by Gasteiger charge is -2.15. The van der Waals surface area contributed by atoms with Crippen LogP contribution in [-0.2, 0) is 16.0 Å². The maximum absolute atomic E-state index is 13.6. The van der Waals surface area contributed by atoms with Crippen molar-refractivity contribution in [3.8, 4) is 11.5 Å². The highest BCUT2D eigenvalue weighted by Crippen LogP contribution is 2.34. The summed E-state index contributed by atoms with van der Waals surface area (Å²) in [5.41, 5.74) is 2.49. The van der Waals surface area contributed by atoms with E-state index in [4.69, 9.17) is 31.4 Å². The third kappa shape index (κ3) is 6.83. The molecule has 1 aliphatic rings. The lowest BCUT2D eigenvalue weighted by molar-refractivity contribution is -0.122. The number of amides is 1. The molecule has 212 valence electrons. The standard InChI is InChI=1S/C29H34N4O5S2/c1-18(2)38-14-6-12-30-26-21(27(34)33-17-19(3)7-10-25(33)31-26)16-24-28(35)32(29(39)40-24)13-11-20-8-9-22(36-4)23(15-20)37-5/h7-10,15-18,30H,6,11-14H2,1-5H3/b24-16+. The average Bonchev–Trinajstić information content (AvgIpc) is 3.20. The van der Waals surface area contributed by atoms with Crippen LogP contribution in [-0.4, -0.2) is 64.5 Å². The average molecular weight is 583 g/mol. The second kappa shape index (κ2) is 13.3. The number of rotatable bonds is 12. The number of fused-ring (bicyclic) bond motifs is 1. The molecule has 3 aromatic rings. The topological polar surface area (TPSA) is 94.4 Å². The van der Waals surface area contributed by atoms with Gasteiger partial charge in [-0.1, -0.05) is 36.1 Å². The summed E-state index contributed by atoms with van der Waals surface area (Å²) in [4.78, 5) is 33.6. The van der Waals surface area contributed by atoms with Gasteiger partial charge in [-0.25, -0.2) is 4.98 Å². The number of aryl methyl sites for hydroxylation is 1. The summed E-state index contributed by atoms with van der Waals surface area (Å²) in [5, 5.41) is 3.27. The first-order valence-corrected chi connectivity index (χ1v) is 14.3. The van der Waals surface area contributed by atoms with Crippen LogP contribution in [0.25, 0.3) is 11.7 Å². The van der Waals surface area contributed by atoms with Crippen LogP contribution < -0.4 is 20.3 Å². The van der Waals surface area contributed by atoms with E-state index in [9.17, 15) is 9.59 Å². The monoisotopic (exact) mass is 582 g/mol. The molecule has 0 spiro atoms. The smallest absolute Gasteiger partial charge is 0.267 e. The van der Waals surface area contributed by atoms with E-state index in [1.807, 2.05) is 45.0 Å². The molecule has 1 saturated heterocycles. The maximum atomic E-state index is 13.6. The van der Waals surface area contributed by atoms with E-state index < -0.39 is 0 Å². The zero-order valence-electron chi connectivity index (χ0n) is 23.4. The first kappa shape index (κ1) is 29.6. The number of thiocarbonyl (C=S) groups is 1. The highest BCUT2D eigenvalue weighted by Gasteiger charge is 2.32. The number of hydrogen-bond donors (Lipinski definition) is 1. The van der Waals surface area contributed by atoms with Gasteiger partial charge in [-0.2, -0.15) is 0 Å². The molecule has 0 saturated carbocycles. The number of aromatic nitrogens is 2. The number of nitrogens with zero attached hydrogens (tertiary/aromatic N) is 3. The lowest BCUT2D eigenvalue weighted by atomic mass is 10.1. The van der Waals surface area contributed by atoms with E-state index in [0.717, 1.165) is 17.5 Å². The van der Waals surface area contributed by atoms with Gasteiger partial charge in [0.25, 0.3) is 11.5 Å². The van der Waals surface area contributed by atoms with E-state index in [2.05, 4.69) is 5.32 Å².